The Balaban J connectivity index is 2.95. The summed E-state index contributed by atoms with van der Waals surface area (Å²) in [6.45, 7) is 3.40. The standard InChI is InChI=1S/C10H12ClFO2S/c1-7-5-9(3-4-15(11,13)14)8(2)10(12)6-7/h5-6H,3-4H2,1-2H3. The van der Waals surface area contributed by atoms with Crippen LogP contribution in [0.25, 0.3) is 0 Å². The van der Waals surface area contributed by atoms with Crippen molar-refractivity contribution in [2.24, 2.45) is 0 Å². The van der Waals surface area contributed by atoms with Gasteiger partial charge in [0.15, 0.2) is 0 Å². The minimum absolute atomic E-state index is 0.168. The zero-order chi connectivity index (χ0) is 11.6. The van der Waals surface area contributed by atoms with Gasteiger partial charge in [-0.05, 0) is 43.0 Å². The molecule has 0 heterocycles. The summed E-state index contributed by atoms with van der Waals surface area (Å²) in [6, 6.07) is 3.20. The van der Waals surface area contributed by atoms with Gasteiger partial charge in [0, 0.05) is 10.7 Å². The molecule has 0 radical (unpaired) electrons. The van der Waals surface area contributed by atoms with Crippen LogP contribution in [-0.4, -0.2) is 14.2 Å². The number of hydrogen-bond donors (Lipinski definition) is 0. The molecule has 84 valence electrons. The fourth-order valence-electron chi connectivity index (χ4n) is 1.38. The molecule has 5 heteroatoms. The smallest absolute Gasteiger partial charge is 0.212 e. The quantitative estimate of drug-likeness (QED) is 0.773. The summed E-state index contributed by atoms with van der Waals surface area (Å²) < 4.78 is 34.8. The normalized spacial score (nSPS) is 11.7. The lowest BCUT2D eigenvalue weighted by molar-refractivity contribution is 0.605. The van der Waals surface area contributed by atoms with Crippen LogP contribution in [0.5, 0.6) is 0 Å². The average molecular weight is 251 g/mol. The van der Waals surface area contributed by atoms with Gasteiger partial charge in [-0.25, -0.2) is 12.8 Å². The van der Waals surface area contributed by atoms with Crippen LogP contribution < -0.4 is 0 Å². The van der Waals surface area contributed by atoms with Crippen molar-refractivity contribution in [2.75, 3.05) is 5.75 Å². The first kappa shape index (κ1) is 12.5. The van der Waals surface area contributed by atoms with E-state index in [2.05, 4.69) is 0 Å². The van der Waals surface area contributed by atoms with Crippen molar-refractivity contribution < 1.29 is 12.8 Å². The van der Waals surface area contributed by atoms with E-state index >= 15 is 0 Å². The van der Waals surface area contributed by atoms with Crippen molar-refractivity contribution in [3.05, 3.63) is 34.6 Å². The Morgan fingerprint density at radius 2 is 1.93 bits per heavy atom. The van der Waals surface area contributed by atoms with E-state index in [1.807, 2.05) is 0 Å². The van der Waals surface area contributed by atoms with Crippen LogP contribution in [0.1, 0.15) is 16.7 Å². The summed E-state index contributed by atoms with van der Waals surface area (Å²) in [5, 5.41) is 0. The molecule has 0 aliphatic heterocycles. The lowest BCUT2D eigenvalue weighted by atomic mass is 10.0. The second-order valence-electron chi connectivity index (χ2n) is 3.52. The van der Waals surface area contributed by atoms with Gasteiger partial charge in [-0.15, -0.1) is 0 Å². The molecule has 0 saturated carbocycles. The van der Waals surface area contributed by atoms with Gasteiger partial charge in [0.25, 0.3) is 0 Å². The molecule has 0 aromatic heterocycles. The van der Waals surface area contributed by atoms with Gasteiger partial charge in [-0.3, -0.25) is 0 Å². The number of rotatable bonds is 3. The van der Waals surface area contributed by atoms with Crippen molar-refractivity contribution in [1.82, 2.24) is 0 Å². The highest BCUT2D eigenvalue weighted by molar-refractivity contribution is 8.13. The molecule has 0 atom stereocenters. The van der Waals surface area contributed by atoms with E-state index in [9.17, 15) is 12.8 Å². The lowest BCUT2D eigenvalue weighted by Crippen LogP contribution is -2.04. The van der Waals surface area contributed by atoms with Crippen LogP contribution in [0, 0.1) is 19.7 Å². The predicted molar refractivity (Wildman–Crippen MR) is 59.2 cm³/mol. The molecule has 0 aliphatic carbocycles. The van der Waals surface area contributed by atoms with Crippen molar-refractivity contribution >= 4 is 19.7 Å². The number of halogens is 2. The minimum Gasteiger partial charge on any atom is -0.212 e. The summed E-state index contributed by atoms with van der Waals surface area (Å²) in [5.41, 5.74) is 1.96. The molecule has 0 bridgehead atoms. The Morgan fingerprint density at radius 1 is 1.33 bits per heavy atom. The minimum atomic E-state index is -3.52. The van der Waals surface area contributed by atoms with Gasteiger partial charge >= 0.3 is 0 Å². The van der Waals surface area contributed by atoms with Crippen LogP contribution in [0.3, 0.4) is 0 Å². The Hall–Kier alpha value is -0.610. The van der Waals surface area contributed by atoms with Gasteiger partial charge in [0.1, 0.15) is 5.82 Å². The molecular formula is C10H12ClFO2S. The molecule has 0 aliphatic rings. The summed E-state index contributed by atoms with van der Waals surface area (Å²) in [7, 11) is 1.58. The van der Waals surface area contributed by atoms with Crippen molar-refractivity contribution in [1.29, 1.82) is 0 Å². The molecule has 15 heavy (non-hydrogen) atoms. The van der Waals surface area contributed by atoms with E-state index in [4.69, 9.17) is 10.7 Å². The topological polar surface area (TPSA) is 34.1 Å². The zero-order valence-electron chi connectivity index (χ0n) is 8.55. The molecule has 0 spiro atoms. The third-order valence-corrected chi connectivity index (χ3v) is 3.37. The highest BCUT2D eigenvalue weighted by Crippen LogP contribution is 2.16. The maximum absolute atomic E-state index is 13.3. The third kappa shape index (κ3) is 3.80. The van der Waals surface area contributed by atoms with Crippen molar-refractivity contribution in [3.8, 4) is 0 Å². The molecule has 1 rings (SSSR count). The second kappa shape index (κ2) is 4.49. The zero-order valence-corrected chi connectivity index (χ0v) is 10.1. The first-order chi connectivity index (χ1) is 6.79. The van der Waals surface area contributed by atoms with E-state index in [1.165, 1.54) is 6.07 Å². The van der Waals surface area contributed by atoms with Gasteiger partial charge < -0.3 is 0 Å². The summed E-state index contributed by atoms with van der Waals surface area (Å²) >= 11 is 0. The molecule has 2 nitrogen and oxygen atoms in total. The second-order valence-corrected chi connectivity index (χ2v) is 6.42. The van der Waals surface area contributed by atoms with E-state index in [1.54, 1.807) is 19.9 Å². The molecule has 0 saturated heterocycles. The summed E-state index contributed by atoms with van der Waals surface area (Å²) in [6.07, 6.45) is 0.246. The van der Waals surface area contributed by atoms with Crippen LogP contribution in [0.4, 0.5) is 4.39 Å². The molecule has 1 aromatic rings. The highest BCUT2D eigenvalue weighted by Gasteiger charge is 2.10. The molecule has 0 fully saturated rings. The van der Waals surface area contributed by atoms with Gasteiger partial charge in [-0.2, -0.15) is 0 Å². The van der Waals surface area contributed by atoms with Crippen LogP contribution >= 0.6 is 10.7 Å². The number of benzene rings is 1. The molecule has 1 aromatic carbocycles. The van der Waals surface area contributed by atoms with Gasteiger partial charge in [0.05, 0.1) is 5.75 Å². The fraction of sp³-hybridized carbons (Fsp3) is 0.400. The first-order valence-corrected chi connectivity index (χ1v) is 6.95. The fourth-order valence-corrected chi connectivity index (χ4v) is 2.07. The van der Waals surface area contributed by atoms with Crippen molar-refractivity contribution in [2.45, 2.75) is 20.3 Å². The number of aryl methyl sites for hydroxylation is 2. The number of hydrogen-bond acceptors (Lipinski definition) is 2. The Labute approximate surface area is 93.5 Å². The predicted octanol–water partition coefficient (Wildman–Crippen LogP) is 2.55. The van der Waals surface area contributed by atoms with Gasteiger partial charge in [0.2, 0.25) is 9.05 Å². The molecule has 0 amide bonds. The average Bonchev–Trinajstić information content (AvgIpc) is 2.07. The van der Waals surface area contributed by atoms with Crippen molar-refractivity contribution in [3.63, 3.8) is 0 Å². The van der Waals surface area contributed by atoms with E-state index in [0.29, 0.717) is 11.1 Å². The maximum Gasteiger partial charge on any atom is 0.232 e. The molecular weight excluding hydrogens is 239 g/mol. The highest BCUT2D eigenvalue weighted by atomic mass is 35.7. The molecule has 0 unspecified atom stereocenters. The van der Waals surface area contributed by atoms with Gasteiger partial charge in [-0.1, -0.05) is 6.07 Å². The van der Waals surface area contributed by atoms with Crippen LogP contribution in [0.15, 0.2) is 12.1 Å². The first-order valence-electron chi connectivity index (χ1n) is 4.47. The molecule has 0 N–H and O–H groups in total. The van der Waals surface area contributed by atoms with Crippen LogP contribution in [-0.2, 0) is 15.5 Å². The SMILES string of the molecule is Cc1cc(F)c(C)c(CCS(=O)(=O)Cl)c1. The Bertz CT molecular complexity index is 469. The maximum atomic E-state index is 13.3. The van der Waals surface area contributed by atoms with E-state index in [-0.39, 0.29) is 18.0 Å². The van der Waals surface area contributed by atoms with E-state index in [0.717, 1.165) is 5.56 Å². The summed E-state index contributed by atoms with van der Waals surface area (Å²) in [5.74, 6) is -0.477. The third-order valence-electron chi connectivity index (χ3n) is 2.21. The van der Waals surface area contributed by atoms with E-state index < -0.39 is 9.05 Å². The Morgan fingerprint density at radius 3 is 2.47 bits per heavy atom. The lowest BCUT2D eigenvalue weighted by Gasteiger charge is -2.07. The monoisotopic (exact) mass is 250 g/mol. The largest absolute Gasteiger partial charge is 0.232 e. The van der Waals surface area contributed by atoms with Crippen LogP contribution in [0.2, 0.25) is 0 Å². The Kier molecular flexibility index (Phi) is 3.73. The summed E-state index contributed by atoms with van der Waals surface area (Å²) in [4.78, 5) is 0.